The van der Waals surface area contributed by atoms with Crippen molar-refractivity contribution in [1.29, 1.82) is 0 Å². The molecule has 0 atom stereocenters. The Morgan fingerprint density at radius 2 is 1.41 bits per heavy atom. The van der Waals surface area contributed by atoms with E-state index in [4.69, 9.17) is 11.6 Å². The van der Waals surface area contributed by atoms with E-state index in [-0.39, 0.29) is 24.8 Å². The number of amides is 2. The Morgan fingerprint density at radius 1 is 0.778 bits per heavy atom. The highest BCUT2D eigenvalue weighted by atomic mass is 35.5. The van der Waals surface area contributed by atoms with Gasteiger partial charge < -0.3 is 10.6 Å². The molecule has 27 heavy (non-hydrogen) atoms. The topological polar surface area (TPSA) is 58.2 Å². The maximum Gasteiger partial charge on any atom is 0.252 e. The van der Waals surface area contributed by atoms with Crippen molar-refractivity contribution in [3.05, 3.63) is 89.4 Å². The molecule has 0 aliphatic carbocycles. The van der Waals surface area contributed by atoms with Gasteiger partial charge >= 0.3 is 0 Å². The number of carbonyl (C=O) groups excluding carboxylic acids is 2. The van der Waals surface area contributed by atoms with Crippen molar-refractivity contribution in [1.82, 2.24) is 5.32 Å². The van der Waals surface area contributed by atoms with Gasteiger partial charge in [-0.15, -0.1) is 0 Å². The third kappa shape index (κ3) is 5.19. The molecular weight excluding hydrogens is 360 g/mol. The van der Waals surface area contributed by atoms with Crippen LogP contribution in [-0.4, -0.2) is 18.4 Å². The number of hydrogen-bond acceptors (Lipinski definition) is 2. The molecule has 0 unspecified atom stereocenters. The van der Waals surface area contributed by atoms with Gasteiger partial charge in [0.15, 0.2) is 0 Å². The van der Waals surface area contributed by atoms with Crippen molar-refractivity contribution in [2.45, 2.75) is 6.42 Å². The second-order valence-electron chi connectivity index (χ2n) is 5.98. The molecule has 0 aliphatic heterocycles. The number of carbonyl (C=O) groups is 2. The SMILES string of the molecule is O=C(CCNC(=O)c1ccccc1Cl)Nc1ccc(-c2ccccc2)cc1. The van der Waals surface area contributed by atoms with Gasteiger partial charge in [-0.05, 0) is 35.4 Å². The van der Waals surface area contributed by atoms with Gasteiger partial charge in [0, 0.05) is 18.7 Å². The van der Waals surface area contributed by atoms with E-state index in [2.05, 4.69) is 10.6 Å². The summed E-state index contributed by atoms with van der Waals surface area (Å²) < 4.78 is 0. The van der Waals surface area contributed by atoms with Crippen LogP contribution in [0.3, 0.4) is 0 Å². The summed E-state index contributed by atoms with van der Waals surface area (Å²) in [6.45, 7) is 0.234. The molecule has 0 radical (unpaired) electrons. The Labute approximate surface area is 163 Å². The summed E-state index contributed by atoms with van der Waals surface area (Å²) in [4.78, 5) is 24.1. The van der Waals surface area contributed by atoms with Crippen LogP contribution >= 0.6 is 11.6 Å². The Hall–Kier alpha value is -3.11. The summed E-state index contributed by atoms with van der Waals surface area (Å²) in [5.74, 6) is -0.456. The molecule has 0 aliphatic rings. The maximum absolute atomic E-state index is 12.1. The van der Waals surface area contributed by atoms with Crippen molar-refractivity contribution in [3.8, 4) is 11.1 Å². The summed E-state index contributed by atoms with van der Waals surface area (Å²) in [6, 6.07) is 24.5. The molecule has 3 rings (SSSR count). The second-order valence-corrected chi connectivity index (χ2v) is 6.38. The minimum Gasteiger partial charge on any atom is -0.351 e. The van der Waals surface area contributed by atoms with Gasteiger partial charge in [0.05, 0.1) is 10.6 Å². The lowest BCUT2D eigenvalue weighted by molar-refractivity contribution is -0.116. The van der Waals surface area contributed by atoms with Crippen LogP contribution < -0.4 is 10.6 Å². The number of halogens is 1. The van der Waals surface area contributed by atoms with Crippen LogP contribution in [0, 0.1) is 0 Å². The molecule has 136 valence electrons. The number of anilines is 1. The predicted octanol–water partition coefficient (Wildman–Crippen LogP) is 4.77. The quantitative estimate of drug-likeness (QED) is 0.649. The van der Waals surface area contributed by atoms with Crippen LogP contribution in [-0.2, 0) is 4.79 Å². The molecule has 0 saturated carbocycles. The molecule has 0 heterocycles. The molecule has 0 fully saturated rings. The highest BCUT2D eigenvalue weighted by molar-refractivity contribution is 6.33. The monoisotopic (exact) mass is 378 g/mol. The summed E-state index contributed by atoms with van der Waals surface area (Å²) >= 11 is 5.98. The van der Waals surface area contributed by atoms with Crippen LogP contribution in [0.1, 0.15) is 16.8 Å². The molecule has 0 bridgehead atoms. The minimum atomic E-state index is -0.291. The van der Waals surface area contributed by atoms with Gasteiger partial charge in [0.2, 0.25) is 5.91 Å². The molecule has 0 saturated heterocycles. The fourth-order valence-corrected chi connectivity index (χ4v) is 2.85. The van der Waals surface area contributed by atoms with Crippen LogP contribution in [0.25, 0.3) is 11.1 Å². The van der Waals surface area contributed by atoms with Gasteiger partial charge in [-0.2, -0.15) is 0 Å². The van der Waals surface area contributed by atoms with E-state index in [1.807, 2.05) is 54.6 Å². The molecule has 0 aromatic heterocycles. The van der Waals surface area contributed by atoms with Crippen molar-refractivity contribution in [2.24, 2.45) is 0 Å². The van der Waals surface area contributed by atoms with Gasteiger partial charge in [0.1, 0.15) is 0 Å². The Balaban J connectivity index is 1.48. The summed E-state index contributed by atoms with van der Waals surface area (Å²) in [5, 5.41) is 5.92. The van der Waals surface area contributed by atoms with E-state index < -0.39 is 0 Å². The summed E-state index contributed by atoms with van der Waals surface area (Å²) in [5.41, 5.74) is 3.33. The van der Waals surface area contributed by atoms with E-state index in [1.54, 1.807) is 24.3 Å². The smallest absolute Gasteiger partial charge is 0.252 e. The number of nitrogens with one attached hydrogen (secondary N) is 2. The zero-order chi connectivity index (χ0) is 19.1. The molecule has 2 amide bonds. The lowest BCUT2D eigenvalue weighted by Crippen LogP contribution is -2.27. The number of benzene rings is 3. The molecule has 4 nitrogen and oxygen atoms in total. The first-order chi connectivity index (χ1) is 13.1. The van der Waals surface area contributed by atoms with E-state index in [0.29, 0.717) is 10.6 Å². The first-order valence-electron chi connectivity index (χ1n) is 8.61. The standard InChI is InChI=1S/C22H19ClN2O2/c23-20-9-5-4-8-19(20)22(27)24-15-14-21(26)25-18-12-10-17(11-13-18)16-6-2-1-3-7-16/h1-13H,14-15H2,(H,24,27)(H,25,26). The fraction of sp³-hybridized carbons (Fsp3) is 0.0909. The normalized spacial score (nSPS) is 10.3. The third-order valence-corrected chi connectivity index (χ3v) is 4.36. The van der Waals surface area contributed by atoms with Crippen LogP contribution in [0.15, 0.2) is 78.9 Å². The van der Waals surface area contributed by atoms with E-state index >= 15 is 0 Å². The predicted molar refractivity (Wildman–Crippen MR) is 109 cm³/mol. The van der Waals surface area contributed by atoms with Crippen molar-refractivity contribution in [3.63, 3.8) is 0 Å². The molecule has 3 aromatic carbocycles. The highest BCUT2D eigenvalue weighted by Crippen LogP contribution is 2.21. The van der Waals surface area contributed by atoms with Gasteiger partial charge in [0.25, 0.3) is 5.91 Å². The van der Waals surface area contributed by atoms with Gasteiger partial charge in [-0.3, -0.25) is 9.59 Å². The molecule has 3 aromatic rings. The lowest BCUT2D eigenvalue weighted by Gasteiger charge is -2.08. The highest BCUT2D eigenvalue weighted by Gasteiger charge is 2.10. The first kappa shape index (κ1) is 18.7. The average Bonchev–Trinajstić information content (AvgIpc) is 2.69. The molecule has 5 heteroatoms. The van der Waals surface area contributed by atoms with Crippen LogP contribution in [0.2, 0.25) is 5.02 Å². The summed E-state index contributed by atoms with van der Waals surface area (Å²) in [7, 11) is 0. The van der Waals surface area contributed by atoms with E-state index in [0.717, 1.165) is 16.8 Å². The Morgan fingerprint density at radius 3 is 2.11 bits per heavy atom. The zero-order valence-electron chi connectivity index (χ0n) is 14.6. The van der Waals surface area contributed by atoms with E-state index in [1.165, 1.54) is 0 Å². The van der Waals surface area contributed by atoms with Gasteiger partial charge in [-0.25, -0.2) is 0 Å². The van der Waals surface area contributed by atoms with Crippen molar-refractivity contribution >= 4 is 29.1 Å². The van der Waals surface area contributed by atoms with Crippen molar-refractivity contribution < 1.29 is 9.59 Å². The zero-order valence-corrected chi connectivity index (χ0v) is 15.4. The fourth-order valence-electron chi connectivity index (χ4n) is 2.63. The van der Waals surface area contributed by atoms with Gasteiger partial charge in [-0.1, -0.05) is 66.2 Å². The van der Waals surface area contributed by atoms with Crippen LogP contribution in [0.4, 0.5) is 5.69 Å². The average molecular weight is 379 g/mol. The molecular formula is C22H19ClN2O2. The summed E-state index contributed by atoms with van der Waals surface area (Å²) in [6.07, 6.45) is 0.177. The van der Waals surface area contributed by atoms with E-state index in [9.17, 15) is 9.59 Å². The maximum atomic E-state index is 12.1. The first-order valence-corrected chi connectivity index (χ1v) is 8.99. The largest absolute Gasteiger partial charge is 0.351 e. The number of rotatable bonds is 6. The minimum absolute atomic E-state index is 0.165. The van der Waals surface area contributed by atoms with Crippen LogP contribution in [0.5, 0.6) is 0 Å². The molecule has 0 spiro atoms. The van der Waals surface area contributed by atoms with Crippen molar-refractivity contribution in [2.75, 3.05) is 11.9 Å². The third-order valence-electron chi connectivity index (χ3n) is 4.03. The lowest BCUT2D eigenvalue weighted by atomic mass is 10.1. The Bertz CT molecular complexity index is 925. The Kier molecular flexibility index (Phi) is 6.23. The second kappa shape index (κ2) is 9.01. The molecule has 2 N–H and O–H groups in total. The number of hydrogen-bond donors (Lipinski definition) is 2.